The molecule has 5 nitrogen and oxygen atoms in total. The van der Waals surface area contributed by atoms with Crippen molar-refractivity contribution in [2.24, 2.45) is 5.10 Å². The summed E-state index contributed by atoms with van der Waals surface area (Å²) in [5.41, 5.74) is 3.81. The summed E-state index contributed by atoms with van der Waals surface area (Å²) in [5.74, 6) is 1.08. The minimum atomic E-state index is -0.293. The normalized spacial score (nSPS) is 10.7. The second-order valence-corrected chi connectivity index (χ2v) is 4.09. The van der Waals surface area contributed by atoms with Crippen LogP contribution in [0, 0.1) is 6.92 Å². The number of ether oxygens (including phenoxy) is 1. The summed E-state index contributed by atoms with van der Waals surface area (Å²) in [4.78, 5) is 11.8. The number of nitrogens with one attached hydrogen (secondary N) is 1. The molecule has 2 rings (SSSR count). The zero-order chi connectivity index (χ0) is 14.4. The lowest BCUT2D eigenvalue weighted by Gasteiger charge is -2.02. The lowest BCUT2D eigenvalue weighted by Crippen LogP contribution is -2.17. The van der Waals surface area contributed by atoms with Gasteiger partial charge in [-0.05, 0) is 49.7 Å². The van der Waals surface area contributed by atoms with E-state index in [0.717, 1.165) is 11.3 Å². The van der Waals surface area contributed by atoms with E-state index in [4.69, 9.17) is 9.15 Å². The highest BCUT2D eigenvalue weighted by molar-refractivity contribution is 5.95. The molecule has 0 aliphatic rings. The van der Waals surface area contributed by atoms with Crippen LogP contribution < -0.4 is 10.2 Å². The Morgan fingerprint density at radius 1 is 1.35 bits per heavy atom. The van der Waals surface area contributed by atoms with E-state index in [9.17, 15) is 4.79 Å². The summed E-state index contributed by atoms with van der Waals surface area (Å²) < 4.78 is 10.4. The largest absolute Gasteiger partial charge is 0.494 e. The van der Waals surface area contributed by atoms with Crippen molar-refractivity contribution in [1.29, 1.82) is 0 Å². The number of carbonyl (C=O) groups excluding carboxylic acids is 1. The van der Waals surface area contributed by atoms with E-state index >= 15 is 0 Å². The molecule has 0 fully saturated rings. The van der Waals surface area contributed by atoms with Gasteiger partial charge in [0.05, 0.1) is 24.6 Å². The summed E-state index contributed by atoms with van der Waals surface area (Å²) in [6, 6.07) is 9.05. The molecule has 104 valence electrons. The van der Waals surface area contributed by atoms with Gasteiger partial charge in [0.25, 0.3) is 5.91 Å². The maximum atomic E-state index is 11.8. The predicted molar refractivity (Wildman–Crippen MR) is 76.1 cm³/mol. The van der Waals surface area contributed by atoms with Crippen LogP contribution in [0.1, 0.15) is 28.6 Å². The number of nitrogens with zero attached hydrogens (tertiary/aromatic N) is 1. The zero-order valence-corrected chi connectivity index (χ0v) is 11.4. The molecule has 0 aliphatic heterocycles. The van der Waals surface area contributed by atoms with Gasteiger partial charge in [-0.2, -0.15) is 5.10 Å². The van der Waals surface area contributed by atoms with Crippen LogP contribution in [-0.2, 0) is 0 Å². The van der Waals surface area contributed by atoms with Gasteiger partial charge in [-0.25, -0.2) is 5.43 Å². The molecule has 1 aromatic heterocycles. The lowest BCUT2D eigenvalue weighted by molar-refractivity contribution is 0.0953. The van der Waals surface area contributed by atoms with Gasteiger partial charge >= 0.3 is 0 Å². The zero-order valence-electron chi connectivity index (χ0n) is 11.4. The maximum absolute atomic E-state index is 11.8. The third kappa shape index (κ3) is 3.47. The second-order valence-electron chi connectivity index (χ2n) is 4.09. The number of rotatable bonds is 5. The van der Waals surface area contributed by atoms with E-state index < -0.39 is 0 Å². The summed E-state index contributed by atoms with van der Waals surface area (Å²) >= 11 is 0. The summed E-state index contributed by atoms with van der Waals surface area (Å²) in [6.07, 6.45) is 3.05. The average Bonchev–Trinajstić information content (AvgIpc) is 2.87. The Bertz CT molecular complexity index is 600. The molecular formula is C15H16N2O3. The average molecular weight is 272 g/mol. The van der Waals surface area contributed by atoms with Crippen LogP contribution in [0.2, 0.25) is 0 Å². The number of furan rings is 1. The molecule has 5 heteroatoms. The molecule has 0 aliphatic carbocycles. The third-order valence-electron chi connectivity index (χ3n) is 2.67. The van der Waals surface area contributed by atoms with Gasteiger partial charge in [0.15, 0.2) is 0 Å². The van der Waals surface area contributed by atoms with Crippen LogP contribution in [0.3, 0.4) is 0 Å². The number of aryl methyl sites for hydroxylation is 1. The Kier molecular flexibility index (Phi) is 4.55. The van der Waals surface area contributed by atoms with Crippen molar-refractivity contribution in [3.63, 3.8) is 0 Å². The molecular weight excluding hydrogens is 256 g/mol. The van der Waals surface area contributed by atoms with Crippen molar-refractivity contribution < 1.29 is 13.9 Å². The molecule has 1 N–H and O–H groups in total. The molecule has 1 amide bonds. The first-order valence-corrected chi connectivity index (χ1v) is 6.31. The SMILES string of the molecule is CCOc1ccc(C=NNC(=O)c2ccoc2C)cc1. The van der Waals surface area contributed by atoms with Crippen LogP contribution in [-0.4, -0.2) is 18.7 Å². The highest BCUT2D eigenvalue weighted by atomic mass is 16.5. The standard InChI is InChI=1S/C15H16N2O3/c1-3-19-13-6-4-12(5-7-13)10-16-17-15(18)14-8-9-20-11(14)2/h4-10H,3H2,1-2H3,(H,17,18). The fourth-order valence-corrected chi connectivity index (χ4v) is 1.66. The molecule has 0 bridgehead atoms. The number of amides is 1. The van der Waals surface area contributed by atoms with Gasteiger partial charge in [-0.15, -0.1) is 0 Å². The fourth-order valence-electron chi connectivity index (χ4n) is 1.66. The summed E-state index contributed by atoms with van der Waals surface area (Å²) in [6.45, 7) is 4.29. The minimum absolute atomic E-state index is 0.293. The van der Waals surface area contributed by atoms with Gasteiger partial charge in [0.2, 0.25) is 0 Å². The Balaban J connectivity index is 1.93. The molecule has 1 aromatic carbocycles. The monoisotopic (exact) mass is 272 g/mol. The number of hydrogen-bond acceptors (Lipinski definition) is 4. The highest BCUT2D eigenvalue weighted by Gasteiger charge is 2.09. The molecule has 0 saturated carbocycles. The van der Waals surface area contributed by atoms with Crippen molar-refractivity contribution >= 4 is 12.1 Å². The summed E-state index contributed by atoms with van der Waals surface area (Å²) in [5, 5.41) is 3.91. The molecule has 0 saturated heterocycles. The van der Waals surface area contributed by atoms with Crippen LogP contribution in [0.15, 0.2) is 46.1 Å². The molecule has 0 spiro atoms. The molecule has 2 aromatic rings. The van der Waals surface area contributed by atoms with Crippen molar-refractivity contribution in [2.75, 3.05) is 6.61 Å². The number of hydrogen-bond donors (Lipinski definition) is 1. The third-order valence-corrected chi connectivity index (χ3v) is 2.67. The van der Waals surface area contributed by atoms with Gasteiger partial charge in [0, 0.05) is 0 Å². The quantitative estimate of drug-likeness (QED) is 0.672. The first-order chi connectivity index (χ1) is 9.70. The van der Waals surface area contributed by atoms with Crippen molar-refractivity contribution in [1.82, 2.24) is 5.43 Å². The van der Waals surface area contributed by atoms with Crippen LogP contribution in [0.5, 0.6) is 5.75 Å². The molecule has 0 atom stereocenters. The van der Waals surface area contributed by atoms with Crippen molar-refractivity contribution in [3.8, 4) is 5.75 Å². The Morgan fingerprint density at radius 2 is 2.10 bits per heavy atom. The first kappa shape index (κ1) is 13.9. The minimum Gasteiger partial charge on any atom is -0.494 e. The lowest BCUT2D eigenvalue weighted by atomic mass is 10.2. The van der Waals surface area contributed by atoms with Gasteiger partial charge < -0.3 is 9.15 Å². The predicted octanol–water partition coefficient (Wildman–Crippen LogP) is 2.75. The molecule has 0 unspecified atom stereocenters. The highest BCUT2D eigenvalue weighted by Crippen LogP contribution is 2.11. The van der Waals surface area contributed by atoms with E-state index in [1.165, 1.54) is 6.26 Å². The van der Waals surface area contributed by atoms with Gasteiger partial charge in [-0.3, -0.25) is 4.79 Å². The second kappa shape index (κ2) is 6.56. The van der Waals surface area contributed by atoms with Crippen LogP contribution >= 0.6 is 0 Å². The van der Waals surface area contributed by atoms with Crippen molar-refractivity contribution in [2.45, 2.75) is 13.8 Å². The Labute approximate surface area is 117 Å². The number of benzene rings is 1. The topological polar surface area (TPSA) is 63.8 Å². The maximum Gasteiger partial charge on any atom is 0.274 e. The molecule has 0 radical (unpaired) electrons. The Morgan fingerprint density at radius 3 is 2.70 bits per heavy atom. The van der Waals surface area contributed by atoms with Gasteiger partial charge in [0.1, 0.15) is 11.5 Å². The smallest absolute Gasteiger partial charge is 0.274 e. The van der Waals surface area contributed by atoms with E-state index in [-0.39, 0.29) is 5.91 Å². The summed E-state index contributed by atoms with van der Waals surface area (Å²) in [7, 11) is 0. The van der Waals surface area contributed by atoms with E-state index in [2.05, 4.69) is 10.5 Å². The van der Waals surface area contributed by atoms with Gasteiger partial charge in [-0.1, -0.05) is 0 Å². The number of carbonyl (C=O) groups is 1. The molecule has 20 heavy (non-hydrogen) atoms. The first-order valence-electron chi connectivity index (χ1n) is 6.31. The van der Waals surface area contributed by atoms with E-state index in [1.54, 1.807) is 19.2 Å². The fraction of sp³-hybridized carbons (Fsp3) is 0.200. The number of hydrazone groups is 1. The van der Waals surface area contributed by atoms with E-state index in [1.807, 2.05) is 31.2 Å². The van der Waals surface area contributed by atoms with Crippen LogP contribution in [0.25, 0.3) is 0 Å². The van der Waals surface area contributed by atoms with Crippen LogP contribution in [0.4, 0.5) is 0 Å². The Hall–Kier alpha value is -2.56. The molecule has 1 heterocycles. The van der Waals surface area contributed by atoms with Crippen molar-refractivity contribution in [3.05, 3.63) is 53.5 Å². The van der Waals surface area contributed by atoms with E-state index in [0.29, 0.717) is 17.9 Å².